The number of halogens is 1. The summed E-state index contributed by atoms with van der Waals surface area (Å²) < 4.78 is 13.7. The van der Waals surface area contributed by atoms with Crippen LogP contribution >= 0.6 is 15.9 Å². The van der Waals surface area contributed by atoms with E-state index >= 15 is 0 Å². The lowest BCUT2D eigenvalue weighted by atomic mass is 10.1. The van der Waals surface area contributed by atoms with Crippen LogP contribution < -0.4 is 14.8 Å². The fourth-order valence-corrected chi connectivity index (χ4v) is 3.34. The highest BCUT2D eigenvalue weighted by Gasteiger charge is 2.17. The molecule has 138 valence electrons. The van der Waals surface area contributed by atoms with Gasteiger partial charge in [-0.2, -0.15) is 5.10 Å². The van der Waals surface area contributed by atoms with Gasteiger partial charge in [0, 0.05) is 10.2 Å². The fraction of sp³-hybridized carbons (Fsp3) is 0.211. The number of carbonyl (C=O) groups is 1. The number of aromatic nitrogens is 3. The van der Waals surface area contributed by atoms with Gasteiger partial charge < -0.3 is 14.8 Å². The van der Waals surface area contributed by atoms with E-state index in [2.05, 4.69) is 31.3 Å². The number of benzene rings is 2. The largest absolute Gasteiger partial charge is 0.486 e. The third-order valence-corrected chi connectivity index (χ3v) is 4.89. The van der Waals surface area contributed by atoms with Gasteiger partial charge in [0.15, 0.2) is 11.5 Å². The van der Waals surface area contributed by atoms with Crippen LogP contribution in [0.15, 0.2) is 53.5 Å². The van der Waals surface area contributed by atoms with E-state index < -0.39 is 0 Å². The molecule has 8 heteroatoms. The van der Waals surface area contributed by atoms with Crippen LogP contribution in [0.2, 0.25) is 0 Å². The predicted molar refractivity (Wildman–Crippen MR) is 103 cm³/mol. The summed E-state index contributed by atoms with van der Waals surface area (Å²) in [6.45, 7) is 1.57. The molecule has 0 spiro atoms. The number of nitrogens with one attached hydrogen (secondary N) is 1. The third kappa shape index (κ3) is 4.11. The Balaban J connectivity index is 1.49. The molecule has 2 heterocycles. The van der Waals surface area contributed by atoms with Crippen molar-refractivity contribution in [2.45, 2.75) is 13.0 Å². The monoisotopic (exact) mass is 428 g/mol. The number of para-hydroxylation sites is 1. The van der Waals surface area contributed by atoms with Crippen LogP contribution in [0, 0.1) is 0 Å². The van der Waals surface area contributed by atoms with Crippen LogP contribution in [0.25, 0.3) is 0 Å². The Bertz CT molecular complexity index is 960. The van der Waals surface area contributed by atoms with Crippen molar-refractivity contribution in [3.8, 4) is 11.5 Å². The molecule has 0 bridgehead atoms. The van der Waals surface area contributed by atoms with E-state index in [9.17, 15) is 4.79 Å². The van der Waals surface area contributed by atoms with Crippen LogP contribution in [0.3, 0.4) is 0 Å². The number of fused-ring (bicyclic) bond motifs is 1. The molecule has 1 aliphatic rings. The van der Waals surface area contributed by atoms with Crippen molar-refractivity contribution in [3.05, 3.63) is 64.7 Å². The van der Waals surface area contributed by atoms with E-state index in [1.807, 2.05) is 36.4 Å². The summed E-state index contributed by atoms with van der Waals surface area (Å²) in [6, 6.07) is 11.3. The van der Waals surface area contributed by atoms with E-state index in [4.69, 9.17) is 9.47 Å². The molecule has 1 aromatic heterocycles. The highest BCUT2D eigenvalue weighted by atomic mass is 79.9. The maximum atomic E-state index is 12.6. The SMILES string of the molecule is O=C(Cc1cc2c(cc1Br)OCCO2)Nc1ccccc1Cn1cncn1. The first-order chi connectivity index (χ1) is 13.2. The molecule has 4 rings (SSSR count). The second kappa shape index (κ2) is 7.79. The first kappa shape index (κ1) is 17.5. The lowest BCUT2D eigenvalue weighted by molar-refractivity contribution is -0.115. The normalized spacial score (nSPS) is 12.6. The van der Waals surface area contributed by atoms with Gasteiger partial charge in [-0.05, 0) is 29.3 Å². The smallest absolute Gasteiger partial charge is 0.228 e. The zero-order valence-electron chi connectivity index (χ0n) is 14.4. The van der Waals surface area contributed by atoms with Crippen LogP contribution in [0.4, 0.5) is 5.69 Å². The van der Waals surface area contributed by atoms with Gasteiger partial charge in [-0.1, -0.05) is 34.1 Å². The minimum absolute atomic E-state index is 0.113. The minimum Gasteiger partial charge on any atom is -0.486 e. The van der Waals surface area contributed by atoms with E-state index in [0.29, 0.717) is 31.3 Å². The molecule has 7 nitrogen and oxygen atoms in total. The van der Waals surface area contributed by atoms with Gasteiger partial charge in [-0.3, -0.25) is 4.79 Å². The standard InChI is InChI=1S/C19H17BrN4O3/c20-15-9-18-17(26-5-6-27-18)7-14(15)8-19(25)23-16-4-2-1-3-13(16)10-24-12-21-11-22-24/h1-4,7,9,11-12H,5-6,8,10H2,(H,23,25). The molecule has 0 fully saturated rings. The summed E-state index contributed by atoms with van der Waals surface area (Å²) in [6.07, 6.45) is 3.35. The van der Waals surface area contributed by atoms with Crippen molar-refractivity contribution in [1.29, 1.82) is 0 Å². The van der Waals surface area contributed by atoms with Gasteiger partial charge in [-0.15, -0.1) is 0 Å². The number of amides is 1. The van der Waals surface area contributed by atoms with Crippen LogP contribution in [0.5, 0.6) is 11.5 Å². The van der Waals surface area contributed by atoms with Gasteiger partial charge in [0.05, 0.1) is 13.0 Å². The zero-order valence-corrected chi connectivity index (χ0v) is 16.0. The molecule has 0 saturated heterocycles. The summed E-state index contributed by atoms with van der Waals surface area (Å²) in [4.78, 5) is 16.6. The Morgan fingerprint density at radius 1 is 1.15 bits per heavy atom. The molecular formula is C19H17BrN4O3. The molecule has 1 amide bonds. The molecule has 0 atom stereocenters. The quantitative estimate of drug-likeness (QED) is 0.675. The highest BCUT2D eigenvalue weighted by Crippen LogP contribution is 2.35. The second-order valence-electron chi connectivity index (χ2n) is 6.06. The maximum Gasteiger partial charge on any atom is 0.228 e. The van der Waals surface area contributed by atoms with E-state index in [-0.39, 0.29) is 12.3 Å². The Hall–Kier alpha value is -2.87. The van der Waals surface area contributed by atoms with Gasteiger partial charge in [0.1, 0.15) is 25.9 Å². The lowest BCUT2D eigenvalue weighted by Crippen LogP contribution is -2.18. The summed E-state index contributed by atoms with van der Waals surface area (Å²) in [5.41, 5.74) is 2.55. The average Bonchev–Trinajstić information content (AvgIpc) is 3.17. The van der Waals surface area contributed by atoms with Crippen molar-refractivity contribution in [1.82, 2.24) is 14.8 Å². The summed E-state index contributed by atoms with van der Waals surface area (Å²) in [5, 5.41) is 7.10. The Morgan fingerprint density at radius 2 is 1.93 bits per heavy atom. The lowest BCUT2D eigenvalue weighted by Gasteiger charge is -2.20. The summed E-state index contributed by atoms with van der Waals surface area (Å²) in [5.74, 6) is 1.24. The van der Waals surface area contributed by atoms with Crippen molar-refractivity contribution in [2.24, 2.45) is 0 Å². The van der Waals surface area contributed by atoms with Crippen LogP contribution in [-0.2, 0) is 17.8 Å². The Kier molecular flexibility index (Phi) is 5.06. The Morgan fingerprint density at radius 3 is 2.70 bits per heavy atom. The number of anilines is 1. The van der Waals surface area contributed by atoms with Crippen LogP contribution in [-0.4, -0.2) is 33.9 Å². The first-order valence-corrected chi connectivity index (χ1v) is 9.26. The topological polar surface area (TPSA) is 78.3 Å². The van der Waals surface area contributed by atoms with Crippen LogP contribution in [0.1, 0.15) is 11.1 Å². The van der Waals surface area contributed by atoms with Crippen molar-refractivity contribution in [2.75, 3.05) is 18.5 Å². The van der Waals surface area contributed by atoms with Crippen molar-refractivity contribution in [3.63, 3.8) is 0 Å². The molecule has 1 N–H and O–H groups in total. The van der Waals surface area contributed by atoms with Crippen molar-refractivity contribution >= 4 is 27.5 Å². The first-order valence-electron chi connectivity index (χ1n) is 8.47. The average molecular weight is 429 g/mol. The van der Waals surface area contributed by atoms with E-state index in [1.54, 1.807) is 11.0 Å². The zero-order chi connectivity index (χ0) is 18.6. The molecular weight excluding hydrogens is 412 g/mol. The Labute approximate surface area is 164 Å². The number of carbonyl (C=O) groups excluding carboxylic acids is 1. The number of hydrogen-bond acceptors (Lipinski definition) is 5. The molecule has 0 radical (unpaired) electrons. The number of nitrogens with zero attached hydrogens (tertiary/aromatic N) is 3. The molecule has 3 aromatic rings. The molecule has 0 aliphatic carbocycles. The maximum absolute atomic E-state index is 12.6. The predicted octanol–water partition coefficient (Wildman–Crippen LogP) is 3.04. The summed E-state index contributed by atoms with van der Waals surface area (Å²) >= 11 is 3.51. The minimum atomic E-state index is -0.113. The van der Waals surface area contributed by atoms with Gasteiger partial charge >= 0.3 is 0 Å². The number of ether oxygens (including phenoxy) is 2. The molecule has 2 aromatic carbocycles. The van der Waals surface area contributed by atoms with Gasteiger partial charge in [-0.25, -0.2) is 9.67 Å². The molecule has 0 unspecified atom stereocenters. The van der Waals surface area contributed by atoms with E-state index in [0.717, 1.165) is 21.3 Å². The fourth-order valence-electron chi connectivity index (χ4n) is 2.88. The third-order valence-electron chi connectivity index (χ3n) is 4.15. The molecule has 27 heavy (non-hydrogen) atoms. The van der Waals surface area contributed by atoms with E-state index in [1.165, 1.54) is 6.33 Å². The summed E-state index contributed by atoms with van der Waals surface area (Å²) in [7, 11) is 0. The van der Waals surface area contributed by atoms with Crippen molar-refractivity contribution < 1.29 is 14.3 Å². The van der Waals surface area contributed by atoms with Gasteiger partial charge in [0.2, 0.25) is 5.91 Å². The van der Waals surface area contributed by atoms with Gasteiger partial charge in [0.25, 0.3) is 0 Å². The number of rotatable bonds is 5. The second-order valence-corrected chi connectivity index (χ2v) is 6.92. The highest BCUT2D eigenvalue weighted by molar-refractivity contribution is 9.10. The molecule has 0 saturated carbocycles. The molecule has 1 aliphatic heterocycles. The number of hydrogen-bond donors (Lipinski definition) is 1.